The Morgan fingerprint density at radius 1 is 0.864 bits per heavy atom. The fourth-order valence-corrected chi connectivity index (χ4v) is 1.92. The summed E-state index contributed by atoms with van der Waals surface area (Å²) in [6.07, 6.45) is 0.427. The fourth-order valence-electron chi connectivity index (χ4n) is 1.92. The summed E-state index contributed by atoms with van der Waals surface area (Å²) in [6, 6.07) is 12.9. The van der Waals surface area contributed by atoms with E-state index >= 15 is 0 Å². The van der Waals surface area contributed by atoms with E-state index in [0.717, 1.165) is 5.56 Å². The minimum absolute atomic E-state index is 0.152. The van der Waals surface area contributed by atoms with Gasteiger partial charge >= 0.3 is 17.9 Å². The first-order chi connectivity index (χ1) is 10.5. The molecule has 0 unspecified atom stereocenters. The van der Waals surface area contributed by atoms with Crippen molar-refractivity contribution >= 4 is 17.9 Å². The highest BCUT2D eigenvalue weighted by molar-refractivity contribution is 6.01. The monoisotopic (exact) mass is 300 g/mol. The predicted molar refractivity (Wildman–Crippen MR) is 76.1 cm³/mol. The molecule has 2 aromatic rings. The molecule has 6 heteroatoms. The lowest BCUT2D eigenvalue weighted by Crippen LogP contribution is -2.06. The van der Waals surface area contributed by atoms with Crippen LogP contribution in [0.5, 0.6) is 5.75 Å². The number of esters is 1. The van der Waals surface area contributed by atoms with Crippen LogP contribution in [0.4, 0.5) is 0 Å². The van der Waals surface area contributed by atoms with Gasteiger partial charge in [0.05, 0.1) is 17.5 Å². The predicted octanol–water partition coefficient (Wildman–Crippen LogP) is 2.23. The van der Waals surface area contributed by atoms with Crippen LogP contribution < -0.4 is 4.74 Å². The van der Waals surface area contributed by atoms with Gasteiger partial charge < -0.3 is 14.9 Å². The zero-order chi connectivity index (χ0) is 16.1. The average Bonchev–Trinajstić information content (AvgIpc) is 2.87. The molecule has 0 atom stereocenters. The van der Waals surface area contributed by atoms with E-state index in [1.165, 1.54) is 24.3 Å². The maximum Gasteiger partial charge on any atom is 0.336 e. The molecule has 1 heterocycles. The van der Waals surface area contributed by atoms with Crippen molar-refractivity contribution in [3.05, 3.63) is 65.2 Å². The molecule has 22 heavy (non-hydrogen) atoms. The van der Waals surface area contributed by atoms with Gasteiger partial charge in [-0.1, -0.05) is 30.3 Å². The van der Waals surface area contributed by atoms with Gasteiger partial charge in [0.2, 0.25) is 0 Å². The molecule has 112 valence electrons. The van der Waals surface area contributed by atoms with Crippen molar-refractivity contribution in [3.8, 4) is 5.75 Å². The number of carboxylic acids is 2. The molecule has 0 saturated carbocycles. The normalized spacial score (nSPS) is 11.7. The van der Waals surface area contributed by atoms with Crippen LogP contribution in [0, 0.1) is 0 Å². The van der Waals surface area contributed by atoms with Gasteiger partial charge in [0.25, 0.3) is 0 Å². The number of para-hydroxylation sites is 1. The number of aromatic carboxylic acids is 2. The minimum atomic E-state index is -1.23. The van der Waals surface area contributed by atoms with Gasteiger partial charge in [0.1, 0.15) is 5.75 Å². The summed E-state index contributed by atoms with van der Waals surface area (Å²) in [6.45, 7) is 0. The Kier molecular flexibility index (Phi) is 4.53. The lowest BCUT2D eigenvalue weighted by molar-refractivity contribution is -0.131. The first-order valence-corrected chi connectivity index (χ1v) is 6.33. The first kappa shape index (κ1) is 15.2. The topological polar surface area (TPSA) is 101 Å². The Bertz CT molecular complexity index is 675. The Hall–Kier alpha value is -3.15. The molecule has 0 aromatic heterocycles. The molecule has 0 fully saturated rings. The average molecular weight is 300 g/mol. The van der Waals surface area contributed by atoms with Crippen molar-refractivity contribution < 1.29 is 29.3 Å². The van der Waals surface area contributed by atoms with E-state index in [1.807, 2.05) is 18.2 Å². The van der Waals surface area contributed by atoms with Crippen molar-refractivity contribution in [2.24, 2.45) is 0 Å². The van der Waals surface area contributed by atoms with E-state index in [1.54, 1.807) is 6.07 Å². The Morgan fingerprint density at radius 3 is 1.86 bits per heavy atom. The molecule has 6 nitrogen and oxygen atoms in total. The quantitative estimate of drug-likeness (QED) is 0.651. The highest BCUT2D eigenvalue weighted by Crippen LogP contribution is 2.24. The maximum absolute atomic E-state index is 10.7. The molecule has 0 aliphatic carbocycles. The smallest absolute Gasteiger partial charge is 0.336 e. The van der Waals surface area contributed by atoms with E-state index in [0.29, 0.717) is 12.2 Å². The maximum atomic E-state index is 10.7. The molecular formula is C16H12O6. The number of hydrogen-bond acceptors (Lipinski definition) is 4. The first-order valence-electron chi connectivity index (χ1n) is 6.33. The van der Waals surface area contributed by atoms with Gasteiger partial charge in [-0.2, -0.15) is 0 Å². The highest BCUT2D eigenvalue weighted by atomic mass is 16.5. The van der Waals surface area contributed by atoms with E-state index < -0.39 is 11.9 Å². The summed E-state index contributed by atoms with van der Waals surface area (Å²) >= 11 is 0. The second-order valence-electron chi connectivity index (χ2n) is 4.41. The highest BCUT2D eigenvalue weighted by Gasteiger charge is 2.18. The third-order valence-electron chi connectivity index (χ3n) is 2.92. The number of carbonyl (C=O) groups is 3. The standard InChI is InChI=1S/C8H6O4.C8H6O2/c9-7(10)5-3-1-2-4-6(5)8(11)12;9-8-5-6-3-1-2-4-7(6)10-8/h1-4H,(H,9,10)(H,11,12);1-4H,5H2. The molecule has 0 bridgehead atoms. The number of carbonyl (C=O) groups excluding carboxylic acids is 1. The van der Waals surface area contributed by atoms with Crippen molar-refractivity contribution in [2.75, 3.05) is 0 Å². The lowest BCUT2D eigenvalue weighted by Gasteiger charge is -1.98. The number of rotatable bonds is 2. The second-order valence-corrected chi connectivity index (χ2v) is 4.41. The third-order valence-corrected chi connectivity index (χ3v) is 2.92. The number of ether oxygens (including phenoxy) is 1. The van der Waals surface area contributed by atoms with E-state index in [9.17, 15) is 14.4 Å². The van der Waals surface area contributed by atoms with Crippen molar-refractivity contribution in [1.82, 2.24) is 0 Å². The molecule has 2 aromatic carbocycles. The summed E-state index contributed by atoms with van der Waals surface area (Å²) in [7, 11) is 0. The molecule has 2 N–H and O–H groups in total. The van der Waals surface area contributed by atoms with Crippen LogP contribution in [0.3, 0.4) is 0 Å². The van der Waals surface area contributed by atoms with Crippen LogP contribution >= 0.6 is 0 Å². The summed E-state index contributed by atoms with van der Waals surface area (Å²) < 4.78 is 4.87. The molecular weight excluding hydrogens is 288 g/mol. The largest absolute Gasteiger partial charge is 0.478 e. The summed E-state index contributed by atoms with van der Waals surface area (Å²) in [5.41, 5.74) is 0.613. The Labute approximate surface area is 125 Å². The van der Waals surface area contributed by atoms with Crippen molar-refractivity contribution in [1.29, 1.82) is 0 Å². The molecule has 0 saturated heterocycles. The van der Waals surface area contributed by atoms with Gasteiger partial charge in [0.15, 0.2) is 0 Å². The molecule has 0 amide bonds. The second kappa shape index (κ2) is 6.53. The van der Waals surface area contributed by atoms with Crippen LogP contribution in [-0.2, 0) is 11.2 Å². The van der Waals surface area contributed by atoms with Crippen LogP contribution in [0.2, 0.25) is 0 Å². The number of benzene rings is 2. The molecule has 0 radical (unpaired) electrons. The molecule has 0 spiro atoms. The Balaban J connectivity index is 0.000000162. The lowest BCUT2D eigenvalue weighted by atomic mass is 10.1. The number of hydrogen-bond donors (Lipinski definition) is 2. The summed E-state index contributed by atoms with van der Waals surface area (Å²) in [5, 5.41) is 17.1. The fraction of sp³-hybridized carbons (Fsp3) is 0.0625. The van der Waals surface area contributed by atoms with Crippen LogP contribution in [0.15, 0.2) is 48.5 Å². The molecule has 1 aliphatic rings. The number of fused-ring (bicyclic) bond motifs is 1. The van der Waals surface area contributed by atoms with Crippen LogP contribution in [0.25, 0.3) is 0 Å². The third kappa shape index (κ3) is 3.49. The molecule has 3 rings (SSSR count). The zero-order valence-corrected chi connectivity index (χ0v) is 11.4. The summed E-state index contributed by atoms with van der Waals surface area (Å²) in [4.78, 5) is 31.6. The van der Waals surface area contributed by atoms with E-state index in [4.69, 9.17) is 14.9 Å². The minimum Gasteiger partial charge on any atom is -0.478 e. The Morgan fingerprint density at radius 2 is 1.36 bits per heavy atom. The summed E-state index contributed by atoms with van der Waals surface area (Å²) in [5.74, 6) is -1.89. The zero-order valence-electron chi connectivity index (χ0n) is 11.4. The van der Waals surface area contributed by atoms with Gasteiger partial charge in [-0.3, -0.25) is 4.79 Å². The number of carboxylic acid groups (broad SMARTS) is 2. The van der Waals surface area contributed by atoms with E-state index in [-0.39, 0.29) is 17.1 Å². The van der Waals surface area contributed by atoms with Gasteiger partial charge in [-0.15, -0.1) is 0 Å². The SMILES string of the molecule is O=C(O)c1ccccc1C(=O)O.O=C1Cc2ccccc2O1. The van der Waals surface area contributed by atoms with Gasteiger partial charge in [0, 0.05) is 5.56 Å². The van der Waals surface area contributed by atoms with Gasteiger partial charge in [-0.25, -0.2) is 9.59 Å². The van der Waals surface area contributed by atoms with Gasteiger partial charge in [-0.05, 0) is 18.2 Å². The van der Waals surface area contributed by atoms with E-state index in [2.05, 4.69) is 0 Å². The molecule has 1 aliphatic heterocycles. The van der Waals surface area contributed by atoms with Crippen LogP contribution in [0.1, 0.15) is 26.3 Å². The van der Waals surface area contributed by atoms with Crippen LogP contribution in [-0.4, -0.2) is 28.1 Å². The van der Waals surface area contributed by atoms with Crippen molar-refractivity contribution in [3.63, 3.8) is 0 Å². The van der Waals surface area contributed by atoms with Crippen molar-refractivity contribution in [2.45, 2.75) is 6.42 Å².